The van der Waals surface area contributed by atoms with Crippen LogP contribution in [0.5, 0.6) is 0 Å². The van der Waals surface area contributed by atoms with Crippen molar-refractivity contribution in [2.24, 2.45) is 0 Å². The van der Waals surface area contributed by atoms with Gasteiger partial charge in [0.15, 0.2) is 4.96 Å². The second-order valence-corrected chi connectivity index (χ2v) is 6.41. The molecule has 2 aromatic carbocycles. The summed E-state index contributed by atoms with van der Waals surface area (Å²) < 4.78 is 8.10. The van der Waals surface area contributed by atoms with E-state index in [-0.39, 0.29) is 5.97 Å². The first-order chi connectivity index (χ1) is 11.7. The standard InChI is InChI=1S/C18H15N3O2S/c1-2-23-17(22)12-5-8-15-16(9-12)24-18-20-14(10-21(15)18)11-3-6-13(19)7-4-11/h3-10H,2,19H2,1H3. The van der Waals surface area contributed by atoms with Gasteiger partial charge < -0.3 is 10.5 Å². The maximum absolute atomic E-state index is 11.9. The fourth-order valence-electron chi connectivity index (χ4n) is 2.64. The quantitative estimate of drug-likeness (QED) is 0.453. The number of imidazole rings is 1. The monoisotopic (exact) mass is 337 g/mol. The lowest BCUT2D eigenvalue weighted by Gasteiger charge is -2.01. The van der Waals surface area contributed by atoms with E-state index in [1.807, 2.05) is 47.0 Å². The topological polar surface area (TPSA) is 69.6 Å². The number of anilines is 1. The normalized spacial score (nSPS) is 11.2. The number of thiazole rings is 1. The van der Waals surface area contributed by atoms with Crippen LogP contribution in [-0.2, 0) is 4.74 Å². The largest absolute Gasteiger partial charge is 0.462 e. The number of carbonyl (C=O) groups is 1. The molecule has 120 valence electrons. The summed E-state index contributed by atoms with van der Waals surface area (Å²) in [5.74, 6) is -0.298. The summed E-state index contributed by atoms with van der Waals surface area (Å²) in [5, 5.41) is 0. The SMILES string of the molecule is CCOC(=O)c1ccc2c(c1)sc1nc(-c3ccc(N)cc3)cn12. The minimum Gasteiger partial charge on any atom is -0.462 e. The number of aromatic nitrogens is 2. The molecule has 5 nitrogen and oxygen atoms in total. The van der Waals surface area contributed by atoms with Crippen LogP contribution in [-0.4, -0.2) is 22.0 Å². The number of nitrogens with two attached hydrogens (primary N) is 1. The van der Waals surface area contributed by atoms with E-state index in [2.05, 4.69) is 4.98 Å². The summed E-state index contributed by atoms with van der Waals surface area (Å²) >= 11 is 1.55. The number of carbonyl (C=O) groups excluding carboxylic acids is 1. The van der Waals surface area contributed by atoms with Crippen molar-refractivity contribution in [1.82, 2.24) is 9.38 Å². The van der Waals surface area contributed by atoms with Crippen LogP contribution in [0, 0.1) is 0 Å². The van der Waals surface area contributed by atoms with Gasteiger partial charge in [0.05, 0.1) is 28.1 Å². The van der Waals surface area contributed by atoms with Gasteiger partial charge in [-0.25, -0.2) is 9.78 Å². The van der Waals surface area contributed by atoms with Crippen LogP contribution in [0.25, 0.3) is 26.4 Å². The Kier molecular flexibility index (Phi) is 3.46. The fourth-order valence-corrected chi connectivity index (χ4v) is 3.68. The molecule has 6 heteroatoms. The van der Waals surface area contributed by atoms with Gasteiger partial charge in [-0.15, -0.1) is 0 Å². The summed E-state index contributed by atoms with van der Waals surface area (Å²) in [6.45, 7) is 2.17. The third-order valence-electron chi connectivity index (χ3n) is 3.81. The van der Waals surface area contributed by atoms with Gasteiger partial charge in [-0.1, -0.05) is 23.5 Å². The molecule has 0 bridgehead atoms. The molecule has 0 radical (unpaired) electrons. The van der Waals surface area contributed by atoms with Gasteiger partial charge >= 0.3 is 5.97 Å². The van der Waals surface area contributed by atoms with Crippen molar-refractivity contribution in [3.05, 3.63) is 54.2 Å². The third kappa shape index (κ3) is 2.41. The van der Waals surface area contributed by atoms with Crippen molar-refractivity contribution in [2.75, 3.05) is 12.3 Å². The number of nitrogens with zero attached hydrogens (tertiary/aromatic N) is 2. The maximum Gasteiger partial charge on any atom is 0.338 e. The summed E-state index contributed by atoms with van der Waals surface area (Å²) in [4.78, 5) is 17.4. The van der Waals surface area contributed by atoms with Gasteiger partial charge in [0.1, 0.15) is 0 Å². The average Bonchev–Trinajstić information content (AvgIpc) is 3.12. The zero-order chi connectivity index (χ0) is 16.7. The first-order valence-electron chi connectivity index (χ1n) is 7.60. The Morgan fingerprint density at radius 3 is 2.79 bits per heavy atom. The van der Waals surface area contributed by atoms with E-state index in [9.17, 15) is 4.79 Å². The Morgan fingerprint density at radius 1 is 1.25 bits per heavy atom. The lowest BCUT2D eigenvalue weighted by atomic mass is 10.1. The van der Waals surface area contributed by atoms with Gasteiger partial charge in [0.2, 0.25) is 0 Å². The zero-order valence-electron chi connectivity index (χ0n) is 13.0. The van der Waals surface area contributed by atoms with Gasteiger partial charge in [0.25, 0.3) is 0 Å². The molecule has 0 saturated heterocycles. The highest BCUT2D eigenvalue weighted by Gasteiger charge is 2.13. The molecule has 0 unspecified atom stereocenters. The summed E-state index contributed by atoms with van der Waals surface area (Å²) in [5.41, 5.74) is 9.98. The molecule has 0 aliphatic rings. The van der Waals surface area contributed by atoms with Crippen LogP contribution in [0.3, 0.4) is 0 Å². The van der Waals surface area contributed by atoms with Crippen LogP contribution >= 0.6 is 11.3 Å². The molecule has 0 saturated carbocycles. The Balaban J connectivity index is 1.78. The molecular weight excluding hydrogens is 322 g/mol. The fraction of sp³-hybridized carbons (Fsp3) is 0.111. The van der Waals surface area contributed by atoms with Crippen molar-refractivity contribution < 1.29 is 9.53 Å². The molecule has 0 fully saturated rings. The maximum atomic E-state index is 11.9. The summed E-state index contributed by atoms with van der Waals surface area (Å²) in [6.07, 6.45) is 2.00. The molecule has 0 amide bonds. The van der Waals surface area contributed by atoms with Crippen molar-refractivity contribution in [3.8, 4) is 11.3 Å². The molecule has 2 heterocycles. The molecule has 0 aliphatic carbocycles. The number of nitrogen functional groups attached to an aromatic ring is 1. The van der Waals surface area contributed by atoms with Crippen LogP contribution in [0.1, 0.15) is 17.3 Å². The molecule has 0 aliphatic heterocycles. The number of ether oxygens (including phenoxy) is 1. The minimum atomic E-state index is -0.298. The Hall–Kier alpha value is -2.86. The van der Waals surface area contributed by atoms with Crippen LogP contribution in [0.4, 0.5) is 5.69 Å². The van der Waals surface area contributed by atoms with Crippen molar-refractivity contribution in [2.45, 2.75) is 6.92 Å². The second kappa shape index (κ2) is 5.65. The molecule has 4 rings (SSSR count). The van der Waals surface area contributed by atoms with E-state index >= 15 is 0 Å². The Morgan fingerprint density at radius 2 is 2.04 bits per heavy atom. The highest BCUT2D eigenvalue weighted by atomic mass is 32.1. The van der Waals surface area contributed by atoms with E-state index in [1.165, 1.54) is 0 Å². The highest BCUT2D eigenvalue weighted by molar-refractivity contribution is 7.23. The smallest absolute Gasteiger partial charge is 0.338 e. The van der Waals surface area contributed by atoms with Gasteiger partial charge in [-0.05, 0) is 37.3 Å². The first-order valence-corrected chi connectivity index (χ1v) is 8.42. The lowest BCUT2D eigenvalue weighted by molar-refractivity contribution is 0.0526. The number of rotatable bonds is 3. The van der Waals surface area contributed by atoms with E-state index in [4.69, 9.17) is 10.5 Å². The molecule has 0 atom stereocenters. The molecule has 4 aromatic rings. The predicted molar refractivity (Wildman–Crippen MR) is 96.4 cm³/mol. The zero-order valence-corrected chi connectivity index (χ0v) is 13.8. The van der Waals surface area contributed by atoms with Gasteiger partial charge in [-0.2, -0.15) is 0 Å². The lowest BCUT2D eigenvalue weighted by Crippen LogP contribution is -2.03. The molecule has 2 N–H and O–H groups in total. The highest BCUT2D eigenvalue weighted by Crippen LogP contribution is 2.30. The second-order valence-electron chi connectivity index (χ2n) is 5.41. The number of fused-ring (bicyclic) bond motifs is 3. The van der Waals surface area contributed by atoms with E-state index < -0.39 is 0 Å². The van der Waals surface area contributed by atoms with Crippen LogP contribution < -0.4 is 5.73 Å². The van der Waals surface area contributed by atoms with Gasteiger partial charge in [0, 0.05) is 17.4 Å². The third-order valence-corrected chi connectivity index (χ3v) is 4.83. The first kappa shape index (κ1) is 14.7. The number of esters is 1. The van der Waals surface area contributed by atoms with E-state index in [0.29, 0.717) is 12.2 Å². The van der Waals surface area contributed by atoms with E-state index in [0.717, 1.165) is 32.1 Å². The summed E-state index contributed by atoms with van der Waals surface area (Å²) in [6, 6.07) is 13.2. The Labute approximate surface area is 142 Å². The summed E-state index contributed by atoms with van der Waals surface area (Å²) in [7, 11) is 0. The minimum absolute atomic E-state index is 0.298. The number of hydrogen-bond acceptors (Lipinski definition) is 5. The predicted octanol–water partition coefficient (Wildman–Crippen LogP) is 3.97. The van der Waals surface area contributed by atoms with Crippen molar-refractivity contribution >= 4 is 38.2 Å². The van der Waals surface area contributed by atoms with Gasteiger partial charge in [-0.3, -0.25) is 4.40 Å². The van der Waals surface area contributed by atoms with Crippen LogP contribution in [0.15, 0.2) is 48.7 Å². The van der Waals surface area contributed by atoms with Crippen molar-refractivity contribution in [1.29, 1.82) is 0 Å². The average molecular weight is 337 g/mol. The van der Waals surface area contributed by atoms with Crippen LogP contribution in [0.2, 0.25) is 0 Å². The van der Waals surface area contributed by atoms with Crippen molar-refractivity contribution in [3.63, 3.8) is 0 Å². The molecule has 2 aromatic heterocycles. The number of benzene rings is 2. The van der Waals surface area contributed by atoms with E-state index in [1.54, 1.807) is 24.3 Å². The number of hydrogen-bond donors (Lipinski definition) is 1. The molecular formula is C18H15N3O2S. The molecule has 24 heavy (non-hydrogen) atoms. The Bertz CT molecular complexity index is 1050. The molecule has 0 spiro atoms.